The number of nitrogens with one attached hydrogen (secondary N) is 2. The standard InChI is InChI=1S/C27H31N3O3/c1-5-11-20(18(4)31)22(16-17(2)3)26(32)30-25-27(33)28-23-15-10-9-14-21(23)24(29-25)19-12-7-6-8-13-19/h5-10,12-15,17,20,22,25H,1,11,16H2,2-4H3,(H,28,33)(H,30,32)/t20-,22?,25?/m1/s1. The summed E-state index contributed by atoms with van der Waals surface area (Å²) in [4.78, 5) is 43.5. The number of amides is 2. The zero-order chi connectivity index (χ0) is 24.0. The Balaban J connectivity index is 1.98. The Labute approximate surface area is 195 Å². The molecule has 0 spiro atoms. The number of carbonyl (C=O) groups excluding carboxylic acids is 3. The molecule has 2 aromatic carbocycles. The average Bonchev–Trinajstić information content (AvgIpc) is 2.92. The quantitative estimate of drug-likeness (QED) is 0.562. The van der Waals surface area contributed by atoms with Crippen molar-refractivity contribution >= 4 is 29.0 Å². The van der Waals surface area contributed by atoms with Crippen molar-refractivity contribution in [3.05, 3.63) is 78.4 Å². The number of benzene rings is 2. The average molecular weight is 446 g/mol. The maximum absolute atomic E-state index is 13.4. The van der Waals surface area contributed by atoms with Gasteiger partial charge in [-0.15, -0.1) is 6.58 Å². The van der Waals surface area contributed by atoms with E-state index in [2.05, 4.69) is 22.2 Å². The number of rotatable bonds is 9. The van der Waals surface area contributed by atoms with Crippen molar-refractivity contribution in [2.75, 3.05) is 5.32 Å². The van der Waals surface area contributed by atoms with Crippen molar-refractivity contribution in [2.45, 2.75) is 39.8 Å². The summed E-state index contributed by atoms with van der Waals surface area (Å²) < 4.78 is 0. The molecule has 33 heavy (non-hydrogen) atoms. The van der Waals surface area contributed by atoms with Crippen LogP contribution in [0.3, 0.4) is 0 Å². The summed E-state index contributed by atoms with van der Waals surface area (Å²) in [5.41, 5.74) is 2.87. The lowest BCUT2D eigenvalue weighted by Crippen LogP contribution is -2.47. The van der Waals surface area contributed by atoms with Crippen molar-refractivity contribution in [2.24, 2.45) is 22.7 Å². The van der Waals surface area contributed by atoms with Gasteiger partial charge in [-0.1, -0.05) is 68.5 Å². The molecule has 6 nitrogen and oxygen atoms in total. The summed E-state index contributed by atoms with van der Waals surface area (Å²) >= 11 is 0. The van der Waals surface area contributed by atoms with E-state index in [1.54, 1.807) is 6.08 Å². The fourth-order valence-corrected chi connectivity index (χ4v) is 4.18. The van der Waals surface area contributed by atoms with Gasteiger partial charge in [-0.3, -0.25) is 14.4 Å². The summed E-state index contributed by atoms with van der Waals surface area (Å²) in [6.07, 6.45) is 1.47. The zero-order valence-corrected chi connectivity index (χ0v) is 19.4. The predicted octanol–water partition coefficient (Wildman–Crippen LogP) is 4.36. The zero-order valence-electron chi connectivity index (χ0n) is 19.4. The maximum atomic E-state index is 13.4. The molecule has 1 aliphatic heterocycles. The van der Waals surface area contributed by atoms with Gasteiger partial charge in [-0.05, 0) is 31.7 Å². The topological polar surface area (TPSA) is 87.6 Å². The Morgan fingerprint density at radius 3 is 2.39 bits per heavy atom. The van der Waals surface area contributed by atoms with Crippen molar-refractivity contribution in [1.82, 2.24) is 5.32 Å². The van der Waals surface area contributed by atoms with Crippen LogP contribution in [-0.4, -0.2) is 29.5 Å². The Bertz CT molecular complexity index is 1060. The Morgan fingerprint density at radius 2 is 1.76 bits per heavy atom. The molecule has 3 rings (SSSR count). The van der Waals surface area contributed by atoms with E-state index >= 15 is 0 Å². The summed E-state index contributed by atoms with van der Waals surface area (Å²) in [5.74, 6) is -1.71. The van der Waals surface area contributed by atoms with Crippen molar-refractivity contribution in [3.63, 3.8) is 0 Å². The number of carbonyl (C=O) groups is 3. The molecule has 1 aliphatic rings. The highest BCUT2D eigenvalue weighted by molar-refractivity contribution is 6.19. The van der Waals surface area contributed by atoms with E-state index in [1.165, 1.54) is 6.92 Å². The van der Waals surface area contributed by atoms with Crippen LogP contribution in [0.1, 0.15) is 44.7 Å². The summed E-state index contributed by atoms with van der Waals surface area (Å²) in [6.45, 7) is 9.25. The Hall–Kier alpha value is -3.54. The van der Waals surface area contributed by atoms with Crippen LogP contribution in [0.5, 0.6) is 0 Å². The van der Waals surface area contributed by atoms with Crippen LogP contribution < -0.4 is 10.6 Å². The smallest absolute Gasteiger partial charge is 0.269 e. The first-order chi connectivity index (χ1) is 15.8. The summed E-state index contributed by atoms with van der Waals surface area (Å²) in [7, 11) is 0. The maximum Gasteiger partial charge on any atom is 0.269 e. The number of aliphatic imine (C=N–C) groups is 1. The van der Waals surface area contributed by atoms with Crippen LogP contribution in [0.4, 0.5) is 5.69 Å². The minimum Gasteiger partial charge on any atom is -0.326 e. The van der Waals surface area contributed by atoms with Crippen LogP contribution >= 0.6 is 0 Å². The van der Waals surface area contributed by atoms with E-state index < -0.39 is 23.9 Å². The van der Waals surface area contributed by atoms with Crippen LogP contribution in [0.25, 0.3) is 0 Å². The fraction of sp³-hybridized carbons (Fsp3) is 0.333. The van der Waals surface area contributed by atoms with Gasteiger partial charge in [0.15, 0.2) is 0 Å². The van der Waals surface area contributed by atoms with Gasteiger partial charge in [-0.25, -0.2) is 4.99 Å². The lowest BCUT2D eigenvalue weighted by atomic mass is 9.80. The molecule has 172 valence electrons. The van der Waals surface area contributed by atoms with E-state index in [9.17, 15) is 14.4 Å². The van der Waals surface area contributed by atoms with Gasteiger partial charge in [0.25, 0.3) is 5.91 Å². The largest absolute Gasteiger partial charge is 0.326 e. The molecule has 1 heterocycles. The minimum absolute atomic E-state index is 0.0677. The fourth-order valence-electron chi connectivity index (χ4n) is 4.18. The van der Waals surface area contributed by atoms with Crippen molar-refractivity contribution in [1.29, 1.82) is 0 Å². The highest BCUT2D eigenvalue weighted by Crippen LogP contribution is 2.27. The number of nitrogens with zero attached hydrogens (tertiary/aromatic N) is 1. The second-order valence-electron chi connectivity index (χ2n) is 8.77. The van der Waals surface area contributed by atoms with E-state index in [1.807, 2.05) is 68.4 Å². The number of Topliss-reactive ketones (excluding diaryl/α,β-unsaturated/α-hetero) is 1. The minimum atomic E-state index is -1.12. The second-order valence-corrected chi connectivity index (χ2v) is 8.77. The second kappa shape index (κ2) is 10.9. The Kier molecular flexibility index (Phi) is 7.93. The molecule has 0 fully saturated rings. The lowest BCUT2D eigenvalue weighted by Gasteiger charge is -2.26. The molecule has 3 atom stereocenters. The summed E-state index contributed by atoms with van der Waals surface area (Å²) in [6, 6.07) is 17.0. The predicted molar refractivity (Wildman–Crippen MR) is 131 cm³/mol. The van der Waals surface area contributed by atoms with Gasteiger partial charge in [0.1, 0.15) is 5.78 Å². The summed E-state index contributed by atoms with van der Waals surface area (Å²) in [5, 5.41) is 5.70. The third-order valence-corrected chi connectivity index (χ3v) is 5.76. The Morgan fingerprint density at radius 1 is 1.09 bits per heavy atom. The molecular formula is C27H31N3O3. The van der Waals surface area contributed by atoms with E-state index in [-0.39, 0.29) is 17.6 Å². The molecule has 0 saturated heterocycles. The first-order valence-corrected chi connectivity index (χ1v) is 11.3. The first kappa shape index (κ1) is 24.1. The van der Waals surface area contributed by atoms with Crippen LogP contribution in [0, 0.1) is 17.8 Å². The van der Waals surface area contributed by atoms with Crippen molar-refractivity contribution in [3.8, 4) is 0 Å². The molecule has 2 amide bonds. The highest BCUT2D eigenvalue weighted by atomic mass is 16.2. The molecule has 2 N–H and O–H groups in total. The van der Waals surface area contributed by atoms with Gasteiger partial charge >= 0.3 is 0 Å². The van der Waals surface area contributed by atoms with Crippen LogP contribution in [0.2, 0.25) is 0 Å². The molecule has 0 bridgehead atoms. The van der Waals surface area contributed by atoms with Gasteiger partial charge in [0.2, 0.25) is 12.1 Å². The third kappa shape index (κ3) is 5.83. The van der Waals surface area contributed by atoms with Gasteiger partial charge < -0.3 is 10.6 Å². The van der Waals surface area contributed by atoms with E-state index in [4.69, 9.17) is 0 Å². The normalized spacial score (nSPS) is 17.2. The number of hydrogen-bond donors (Lipinski definition) is 2. The number of allylic oxidation sites excluding steroid dienone is 1. The van der Waals surface area contributed by atoms with Crippen LogP contribution in [-0.2, 0) is 14.4 Å². The van der Waals surface area contributed by atoms with Crippen LogP contribution in [0.15, 0.2) is 72.2 Å². The molecule has 0 aromatic heterocycles. The molecule has 6 heteroatoms. The molecular weight excluding hydrogens is 414 g/mol. The highest BCUT2D eigenvalue weighted by Gasteiger charge is 2.34. The van der Waals surface area contributed by atoms with E-state index in [0.29, 0.717) is 24.2 Å². The SMILES string of the molecule is C=CC[C@H](C(C)=O)C(CC(C)C)C(=O)NC1N=C(c2ccccc2)c2ccccc2NC1=O. The number of hydrogen-bond acceptors (Lipinski definition) is 4. The number of ketones is 1. The molecule has 2 aromatic rings. The molecule has 0 saturated carbocycles. The number of para-hydroxylation sites is 1. The van der Waals surface area contributed by atoms with Crippen molar-refractivity contribution < 1.29 is 14.4 Å². The molecule has 0 aliphatic carbocycles. The molecule has 2 unspecified atom stereocenters. The molecule has 0 radical (unpaired) electrons. The monoisotopic (exact) mass is 445 g/mol. The van der Waals surface area contributed by atoms with Gasteiger partial charge in [0, 0.05) is 23.0 Å². The van der Waals surface area contributed by atoms with Gasteiger partial charge in [-0.2, -0.15) is 0 Å². The lowest BCUT2D eigenvalue weighted by molar-refractivity contribution is -0.135. The number of benzodiazepines with no additional fused rings is 1. The number of fused-ring (bicyclic) bond motifs is 1. The van der Waals surface area contributed by atoms with Gasteiger partial charge in [0.05, 0.1) is 11.4 Å². The number of anilines is 1. The first-order valence-electron chi connectivity index (χ1n) is 11.3. The third-order valence-electron chi connectivity index (χ3n) is 5.76. The van der Waals surface area contributed by atoms with E-state index in [0.717, 1.165) is 11.1 Å².